The second-order valence-corrected chi connectivity index (χ2v) is 4.05. The Kier molecular flexibility index (Phi) is 4.32. The van der Waals surface area contributed by atoms with Gasteiger partial charge in [0, 0.05) is 12.0 Å². The molecule has 0 aromatic heterocycles. The SMILES string of the molecule is C=CS(=O)(=O)C(C)O[N]CC. The van der Waals surface area contributed by atoms with Crippen LogP contribution < -0.4 is 5.48 Å². The fraction of sp³-hybridized carbons (Fsp3) is 0.667. The van der Waals surface area contributed by atoms with Gasteiger partial charge in [-0.2, -0.15) is 0 Å². The number of nitrogens with zero attached hydrogens (tertiary/aromatic N) is 1. The Bertz CT molecular complexity index is 210. The summed E-state index contributed by atoms with van der Waals surface area (Å²) in [5.74, 6) is 0. The van der Waals surface area contributed by atoms with Gasteiger partial charge in [0.05, 0.1) is 0 Å². The summed E-state index contributed by atoms with van der Waals surface area (Å²) in [6.07, 6.45) is 0. The molecular weight excluding hydrogens is 166 g/mol. The molecule has 0 heterocycles. The van der Waals surface area contributed by atoms with Crippen molar-refractivity contribution in [2.75, 3.05) is 6.54 Å². The van der Waals surface area contributed by atoms with E-state index in [0.29, 0.717) is 6.54 Å². The smallest absolute Gasteiger partial charge is 0.199 e. The van der Waals surface area contributed by atoms with E-state index < -0.39 is 15.3 Å². The number of rotatable bonds is 5. The van der Waals surface area contributed by atoms with Crippen LogP contribution in [0.5, 0.6) is 0 Å². The van der Waals surface area contributed by atoms with Crippen LogP contribution in [0.2, 0.25) is 0 Å². The first-order valence-electron chi connectivity index (χ1n) is 3.23. The largest absolute Gasteiger partial charge is 0.262 e. The molecule has 0 amide bonds. The first-order valence-corrected chi connectivity index (χ1v) is 4.84. The molecule has 4 nitrogen and oxygen atoms in total. The van der Waals surface area contributed by atoms with Crippen molar-refractivity contribution in [2.24, 2.45) is 0 Å². The summed E-state index contributed by atoms with van der Waals surface area (Å²) < 4.78 is 21.8. The van der Waals surface area contributed by atoms with Gasteiger partial charge in [-0.1, -0.05) is 12.1 Å². The molecule has 0 aliphatic carbocycles. The van der Waals surface area contributed by atoms with Crippen molar-refractivity contribution in [1.29, 1.82) is 0 Å². The van der Waals surface area contributed by atoms with Crippen LogP contribution in [0.3, 0.4) is 0 Å². The van der Waals surface area contributed by atoms with Gasteiger partial charge in [-0.25, -0.2) is 8.42 Å². The van der Waals surface area contributed by atoms with Crippen LogP contribution in [-0.2, 0) is 14.7 Å². The van der Waals surface area contributed by atoms with Gasteiger partial charge in [0.2, 0.25) is 0 Å². The van der Waals surface area contributed by atoms with E-state index in [1.807, 2.05) is 0 Å². The average molecular weight is 178 g/mol. The van der Waals surface area contributed by atoms with Gasteiger partial charge < -0.3 is 0 Å². The molecule has 0 N–H and O–H groups in total. The normalized spacial score (nSPS) is 14.4. The number of hydrogen-bond donors (Lipinski definition) is 0. The van der Waals surface area contributed by atoms with E-state index >= 15 is 0 Å². The van der Waals surface area contributed by atoms with E-state index in [0.717, 1.165) is 5.41 Å². The highest BCUT2D eigenvalue weighted by molar-refractivity contribution is 7.94. The molecule has 0 aliphatic heterocycles. The van der Waals surface area contributed by atoms with E-state index in [-0.39, 0.29) is 0 Å². The number of hydroxylamine groups is 1. The Morgan fingerprint density at radius 1 is 1.73 bits per heavy atom. The van der Waals surface area contributed by atoms with Crippen molar-refractivity contribution in [3.8, 4) is 0 Å². The Labute approximate surface area is 67.1 Å². The summed E-state index contributed by atoms with van der Waals surface area (Å²) in [5.41, 5.74) is 2.53. The predicted octanol–water partition coefficient (Wildman–Crippen LogP) is 0.447. The summed E-state index contributed by atoms with van der Waals surface area (Å²) >= 11 is 0. The zero-order valence-corrected chi connectivity index (χ0v) is 7.47. The molecule has 0 saturated heterocycles. The molecule has 0 aromatic rings. The van der Waals surface area contributed by atoms with Crippen molar-refractivity contribution >= 4 is 9.84 Å². The quantitative estimate of drug-likeness (QED) is 0.574. The molecule has 1 unspecified atom stereocenters. The van der Waals surface area contributed by atoms with Crippen LogP contribution in [0.1, 0.15) is 13.8 Å². The van der Waals surface area contributed by atoms with E-state index in [1.165, 1.54) is 6.92 Å². The van der Waals surface area contributed by atoms with Crippen molar-refractivity contribution in [1.82, 2.24) is 5.48 Å². The molecule has 1 radical (unpaired) electrons. The van der Waals surface area contributed by atoms with Crippen LogP contribution in [-0.4, -0.2) is 20.4 Å². The maximum Gasteiger partial charge on any atom is 0.199 e. The molecule has 0 spiro atoms. The molecule has 11 heavy (non-hydrogen) atoms. The maximum atomic E-state index is 10.9. The third-order valence-corrected chi connectivity index (χ3v) is 2.52. The topological polar surface area (TPSA) is 57.5 Å². The van der Waals surface area contributed by atoms with Gasteiger partial charge in [0.25, 0.3) is 0 Å². The summed E-state index contributed by atoms with van der Waals surface area (Å²) in [4.78, 5) is 4.61. The summed E-state index contributed by atoms with van der Waals surface area (Å²) in [5, 5.41) is 0.864. The molecular formula is C6H12NO3S. The molecule has 1 atom stereocenters. The lowest BCUT2D eigenvalue weighted by Gasteiger charge is -2.07. The second-order valence-electron chi connectivity index (χ2n) is 1.87. The fourth-order valence-corrected chi connectivity index (χ4v) is 0.827. The van der Waals surface area contributed by atoms with Crippen LogP contribution >= 0.6 is 0 Å². The zero-order valence-electron chi connectivity index (χ0n) is 6.65. The minimum Gasteiger partial charge on any atom is -0.262 e. The third kappa shape index (κ3) is 3.50. The molecule has 5 heteroatoms. The summed E-state index contributed by atoms with van der Waals surface area (Å²) in [7, 11) is -3.32. The second kappa shape index (κ2) is 4.48. The molecule has 0 aromatic carbocycles. The predicted molar refractivity (Wildman–Crippen MR) is 42.3 cm³/mol. The Balaban J connectivity index is 4.03. The van der Waals surface area contributed by atoms with Gasteiger partial charge in [-0.05, 0) is 13.8 Å². The molecule has 0 bridgehead atoms. The van der Waals surface area contributed by atoms with Crippen molar-refractivity contribution in [3.63, 3.8) is 0 Å². The molecule has 0 fully saturated rings. The van der Waals surface area contributed by atoms with Gasteiger partial charge >= 0.3 is 0 Å². The van der Waals surface area contributed by atoms with E-state index in [9.17, 15) is 8.42 Å². The lowest BCUT2D eigenvalue weighted by atomic mass is 10.8. The van der Waals surface area contributed by atoms with Crippen LogP contribution in [0, 0.1) is 0 Å². The lowest BCUT2D eigenvalue weighted by molar-refractivity contribution is 0.0223. The number of sulfone groups is 1. The van der Waals surface area contributed by atoms with Crippen LogP contribution in [0.15, 0.2) is 12.0 Å². The number of hydrogen-bond acceptors (Lipinski definition) is 3. The van der Waals surface area contributed by atoms with Crippen LogP contribution in [0.4, 0.5) is 0 Å². The minimum atomic E-state index is -3.32. The average Bonchev–Trinajstić information content (AvgIpc) is 2.00. The Morgan fingerprint density at radius 3 is 2.64 bits per heavy atom. The first kappa shape index (κ1) is 10.6. The molecule has 0 rings (SSSR count). The lowest BCUT2D eigenvalue weighted by Crippen LogP contribution is -2.23. The summed E-state index contributed by atoms with van der Waals surface area (Å²) in [6.45, 7) is 6.76. The highest BCUT2D eigenvalue weighted by atomic mass is 32.2. The van der Waals surface area contributed by atoms with Crippen LogP contribution in [0.25, 0.3) is 0 Å². The monoisotopic (exact) mass is 178 g/mol. The minimum absolute atomic E-state index is 0.441. The fourth-order valence-electron chi connectivity index (χ4n) is 0.375. The van der Waals surface area contributed by atoms with E-state index in [4.69, 9.17) is 0 Å². The Hall–Kier alpha value is -0.390. The van der Waals surface area contributed by atoms with Crippen molar-refractivity contribution < 1.29 is 13.3 Å². The van der Waals surface area contributed by atoms with Crippen molar-refractivity contribution in [2.45, 2.75) is 19.3 Å². The van der Waals surface area contributed by atoms with Gasteiger partial charge in [-0.15, -0.1) is 0 Å². The van der Waals surface area contributed by atoms with Gasteiger partial charge in [0.15, 0.2) is 15.3 Å². The maximum absolute atomic E-state index is 10.9. The highest BCUT2D eigenvalue weighted by Crippen LogP contribution is 2.02. The summed E-state index contributed by atoms with van der Waals surface area (Å²) in [6, 6.07) is 0. The van der Waals surface area contributed by atoms with E-state index in [1.54, 1.807) is 6.92 Å². The van der Waals surface area contributed by atoms with Gasteiger partial charge in [0.1, 0.15) is 0 Å². The highest BCUT2D eigenvalue weighted by Gasteiger charge is 2.17. The molecule has 0 saturated carbocycles. The third-order valence-electron chi connectivity index (χ3n) is 1.05. The standard InChI is InChI=1S/C6H12NO3S/c1-4-7-10-6(3)11(8,9)5-2/h5-6H,2,4H2,1,3H3. The van der Waals surface area contributed by atoms with Crippen molar-refractivity contribution in [3.05, 3.63) is 12.0 Å². The molecule has 65 valence electrons. The van der Waals surface area contributed by atoms with E-state index in [2.05, 4.69) is 16.9 Å². The van der Waals surface area contributed by atoms with Gasteiger partial charge in [-0.3, -0.25) is 4.84 Å². The first-order chi connectivity index (χ1) is 5.04. The Morgan fingerprint density at radius 2 is 2.27 bits per heavy atom. The zero-order chi connectivity index (χ0) is 8.91. The molecule has 0 aliphatic rings.